The van der Waals surface area contributed by atoms with E-state index in [9.17, 15) is 18.0 Å². The SMILES string of the molecule is CCOC(=O)c1c(C)[nH]c(C)c1S(=O)(=O)N1CCCC(C(=O)Nc2cccc(C)c2C)C1. The highest BCUT2D eigenvalue weighted by molar-refractivity contribution is 7.89. The van der Waals surface area contributed by atoms with Crippen LogP contribution in [-0.2, 0) is 19.6 Å². The number of hydrogen-bond donors (Lipinski definition) is 2. The topological polar surface area (TPSA) is 109 Å². The van der Waals surface area contributed by atoms with Gasteiger partial charge in [0.25, 0.3) is 0 Å². The normalized spacial score (nSPS) is 17.2. The molecule has 32 heavy (non-hydrogen) atoms. The summed E-state index contributed by atoms with van der Waals surface area (Å²) in [6.07, 6.45) is 1.15. The number of nitrogens with one attached hydrogen (secondary N) is 2. The molecule has 0 spiro atoms. The summed E-state index contributed by atoms with van der Waals surface area (Å²) in [5.41, 5.74) is 3.65. The molecule has 0 bridgehead atoms. The molecule has 174 valence electrons. The van der Waals surface area contributed by atoms with Crippen molar-refractivity contribution >= 4 is 27.6 Å². The van der Waals surface area contributed by atoms with Crippen LogP contribution in [0.5, 0.6) is 0 Å². The number of esters is 1. The van der Waals surface area contributed by atoms with E-state index in [4.69, 9.17) is 4.74 Å². The second-order valence-corrected chi connectivity index (χ2v) is 10.1. The van der Waals surface area contributed by atoms with Crippen molar-refractivity contribution in [3.63, 3.8) is 0 Å². The number of carbonyl (C=O) groups excluding carboxylic acids is 2. The fourth-order valence-electron chi connectivity index (χ4n) is 4.15. The molecular weight excluding hydrogens is 430 g/mol. The quantitative estimate of drug-likeness (QED) is 0.641. The number of rotatable bonds is 6. The molecule has 1 aliphatic heterocycles. The number of sulfonamides is 1. The molecule has 1 atom stereocenters. The van der Waals surface area contributed by atoms with E-state index in [-0.39, 0.29) is 29.5 Å². The summed E-state index contributed by atoms with van der Waals surface area (Å²) in [5.74, 6) is -1.36. The lowest BCUT2D eigenvalue weighted by atomic mass is 9.98. The van der Waals surface area contributed by atoms with Crippen molar-refractivity contribution in [3.05, 3.63) is 46.3 Å². The van der Waals surface area contributed by atoms with Crippen LogP contribution < -0.4 is 5.32 Å². The number of amides is 1. The van der Waals surface area contributed by atoms with Gasteiger partial charge in [-0.15, -0.1) is 0 Å². The van der Waals surface area contributed by atoms with Crippen molar-refractivity contribution in [3.8, 4) is 0 Å². The van der Waals surface area contributed by atoms with Crippen LogP contribution in [0.2, 0.25) is 0 Å². The van der Waals surface area contributed by atoms with E-state index >= 15 is 0 Å². The Labute approximate surface area is 189 Å². The number of aromatic nitrogens is 1. The lowest BCUT2D eigenvalue weighted by Gasteiger charge is -2.31. The van der Waals surface area contributed by atoms with Gasteiger partial charge in [0.05, 0.1) is 12.5 Å². The number of benzene rings is 1. The Balaban J connectivity index is 1.85. The van der Waals surface area contributed by atoms with Gasteiger partial charge in [-0.2, -0.15) is 4.31 Å². The van der Waals surface area contributed by atoms with Crippen molar-refractivity contribution < 1.29 is 22.7 Å². The van der Waals surface area contributed by atoms with Crippen molar-refractivity contribution in [1.82, 2.24) is 9.29 Å². The average Bonchev–Trinajstić information content (AvgIpc) is 3.06. The van der Waals surface area contributed by atoms with Gasteiger partial charge in [0.15, 0.2) is 0 Å². The van der Waals surface area contributed by atoms with Gasteiger partial charge >= 0.3 is 5.97 Å². The molecule has 0 saturated carbocycles. The Morgan fingerprint density at radius 1 is 1.19 bits per heavy atom. The molecule has 0 radical (unpaired) electrons. The number of carbonyl (C=O) groups is 2. The van der Waals surface area contributed by atoms with Gasteiger partial charge in [-0.25, -0.2) is 13.2 Å². The highest BCUT2D eigenvalue weighted by Crippen LogP contribution is 2.31. The number of nitrogens with zero attached hydrogens (tertiary/aromatic N) is 1. The van der Waals surface area contributed by atoms with Gasteiger partial charge in [-0.1, -0.05) is 12.1 Å². The van der Waals surface area contributed by atoms with Gasteiger partial charge in [-0.3, -0.25) is 4.79 Å². The zero-order chi connectivity index (χ0) is 23.6. The number of anilines is 1. The van der Waals surface area contributed by atoms with Crippen molar-refractivity contribution in [1.29, 1.82) is 0 Å². The number of piperidine rings is 1. The van der Waals surface area contributed by atoms with Gasteiger partial charge < -0.3 is 15.0 Å². The molecule has 0 aliphatic carbocycles. The van der Waals surface area contributed by atoms with Gasteiger partial charge in [-0.05, 0) is 64.7 Å². The minimum Gasteiger partial charge on any atom is -0.462 e. The lowest BCUT2D eigenvalue weighted by Crippen LogP contribution is -2.44. The van der Waals surface area contributed by atoms with E-state index in [0.29, 0.717) is 30.8 Å². The molecule has 2 N–H and O–H groups in total. The van der Waals surface area contributed by atoms with Crippen molar-refractivity contribution in [2.45, 2.75) is 52.4 Å². The minimum absolute atomic E-state index is 0.0336. The fourth-order valence-corrected chi connectivity index (χ4v) is 6.09. The highest BCUT2D eigenvalue weighted by atomic mass is 32.2. The third-order valence-electron chi connectivity index (χ3n) is 6.01. The Kier molecular flexibility index (Phi) is 7.09. The molecule has 1 aromatic carbocycles. The Morgan fingerprint density at radius 3 is 2.59 bits per heavy atom. The molecule has 2 heterocycles. The largest absolute Gasteiger partial charge is 0.462 e. The van der Waals surface area contributed by atoms with Crippen LogP contribution in [0.15, 0.2) is 23.1 Å². The Hall–Kier alpha value is -2.65. The third-order valence-corrected chi connectivity index (χ3v) is 8.05. The van der Waals surface area contributed by atoms with E-state index in [1.54, 1.807) is 20.8 Å². The molecule has 8 nitrogen and oxygen atoms in total. The molecule has 1 aromatic heterocycles. The molecule has 1 fully saturated rings. The van der Waals surface area contributed by atoms with Gasteiger partial charge in [0.2, 0.25) is 15.9 Å². The fraction of sp³-hybridized carbons (Fsp3) is 0.478. The second kappa shape index (κ2) is 9.46. The van der Waals surface area contributed by atoms with Crippen LogP contribution in [0.25, 0.3) is 0 Å². The van der Waals surface area contributed by atoms with Crippen LogP contribution >= 0.6 is 0 Å². The Morgan fingerprint density at radius 2 is 1.91 bits per heavy atom. The maximum absolute atomic E-state index is 13.5. The second-order valence-electron chi connectivity index (χ2n) is 8.24. The first kappa shape index (κ1) is 24.0. The maximum atomic E-state index is 13.5. The number of ether oxygens (including phenoxy) is 1. The Bertz CT molecular complexity index is 1140. The zero-order valence-corrected chi connectivity index (χ0v) is 20.1. The third kappa shape index (κ3) is 4.59. The lowest BCUT2D eigenvalue weighted by molar-refractivity contribution is -0.120. The van der Waals surface area contributed by atoms with Crippen LogP contribution in [-0.4, -0.2) is 49.3 Å². The summed E-state index contributed by atoms with van der Waals surface area (Å²) in [5, 5.41) is 2.95. The molecule has 1 aliphatic rings. The number of H-pyrrole nitrogens is 1. The van der Waals surface area contributed by atoms with Crippen LogP contribution in [0.1, 0.15) is 52.6 Å². The smallest absolute Gasteiger partial charge is 0.341 e. The summed E-state index contributed by atoms with van der Waals surface area (Å²) in [6.45, 7) is 9.36. The monoisotopic (exact) mass is 461 g/mol. The molecule has 2 aromatic rings. The van der Waals surface area contributed by atoms with Crippen molar-refractivity contribution in [2.75, 3.05) is 25.0 Å². The molecule has 3 rings (SSSR count). The average molecular weight is 462 g/mol. The van der Waals surface area contributed by atoms with Crippen LogP contribution in [0.3, 0.4) is 0 Å². The van der Waals surface area contributed by atoms with E-state index in [0.717, 1.165) is 16.8 Å². The summed E-state index contributed by atoms with van der Waals surface area (Å²) in [4.78, 5) is 28.3. The summed E-state index contributed by atoms with van der Waals surface area (Å²) >= 11 is 0. The molecule has 9 heteroatoms. The van der Waals surface area contributed by atoms with Crippen molar-refractivity contribution in [2.24, 2.45) is 5.92 Å². The first-order valence-corrected chi connectivity index (χ1v) is 12.2. The predicted octanol–water partition coefficient (Wildman–Crippen LogP) is 3.46. The standard InChI is InChI=1S/C23H31N3O5S/c1-6-31-23(28)20-16(4)24-17(5)21(20)32(29,30)26-12-8-10-18(13-26)22(27)25-19-11-7-9-14(2)15(19)3/h7,9,11,18,24H,6,8,10,12-13H2,1-5H3,(H,25,27). The van der Waals surface area contributed by atoms with Gasteiger partial charge in [0.1, 0.15) is 10.5 Å². The number of aromatic amines is 1. The summed E-state index contributed by atoms with van der Waals surface area (Å²) in [6, 6.07) is 5.70. The highest BCUT2D eigenvalue weighted by Gasteiger charge is 2.38. The van der Waals surface area contributed by atoms with E-state index in [2.05, 4.69) is 10.3 Å². The molecule has 1 unspecified atom stereocenters. The molecule has 1 amide bonds. The number of hydrogen-bond acceptors (Lipinski definition) is 5. The first-order valence-electron chi connectivity index (χ1n) is 10.8. The van der Waals surface area contributed by atoms with E-state index < -0.39 is 21.9 Å². The van der Waals surface area contributed by atoms with E-state index in [1.165, 1.54) is 4.31 Å². The van der Waals surface area contributed by atoms with E-state index in [1.807, 2.05) is 32.0 Å². The molecule has 1 saturated heterocycles. The maximum Gasteiger partial charge on any atom is 0.341 e. The summed E-state index contributed by atoms with van der Waals surface area (Å²) < 4.78 is 33.5. The first-order chi connectivity index (χ1) is 15.1. The van der Waals surface area contributed by atoms with Gasteiger partial charge in [0, 0.05) is 30.2 Å². The minimum atomic E-state index is -4.00. The zero-order valence-electron chi connectivity index (χ0n) is 19.2. The molecular formula is C23H31N3O5S. The number of aryl methyl sites for hydroxylation is 3. The predicted molar refractivity (Wildman–Crippen MR) is 122 cm³/mol. The summed E-state index contributed by atoms with van der Waals surface area (Å²) in [7, 11) is -4.00. The van der Waals surface area contributed by atoms with Crippen LogP contribution in [0.4, 0.5) is 5.69 Å². The van der Waals surface area contributed by atoms with Crippen LogP contribution in [0, 0.1) is 33.6 Å².